The van der Waals surface area contributed by atoms with Gasteiger partial charge in [-0.15, -0.1) is 0 Å². The lowest BCUT2D eigenvalue weighted by atomic mass is 9.95. The highest BCUT2D eigenvalue weighted by molar-refractivity contribution is 5.86. The minimum atomic E-state index is -4.35. The highest BCUT2D eigenvalue weighted by atomic mass is 19.4. The number of rotatable bonds is 2. The molecule has 0 spiro atoms. The van der Waals surface area contributed by atoms with Gasteiger partial charge in [0.2, 0.25) is 0 Å². The molecule has 92 valence electrons. The van der Waals surface area contributed by atoms with E-state index in [9.17, 15) is 18.0 Å². The molecule has 1 aliphatic carbocycles. The molecule has 0 bridgehead atoms. The summed E-state index contributed by atoms with van der Waals surface area (Å²) < 4.78 is 41.8. The molecule has 0 saturated heterocycles. The van der Waals surface area contributed by atoms with Gasteiger partial charge < -0.3 is 4.74 Å². The zero-order valence-electron chi connectivity index (χ0n) is 9.17. The molecule has 0 atom stereocenters. The van der Waals surface area contributed by atoms with Crippen molar-refractivity contribution in [2.45, 2.75) is 24.4 Å². The van der Waals surface area contributed by atoms with Gasteiger partial charge in [-0.3, -0.25) is 4.79 Å². The third-order valence-electron chi connectivity index (χ3n) is 3.09. The Hall–Kier alpha value is -1.52. The molecule has 2 rings (SSSR count). The molecule has 1 aliphatic rings. The van der Waals surface area contributed by atoms with E-state index in [0.717, 1.165) is 12.1 Å². The highest BCUT2D eigenvalue weighted by Gasteiger charge is 2.52. The molecule has 2 nitrogen and oxygen atoms in total. The monoisotopic (exact) mass is 244 g/mol. The Kier molecular flexibility index (Phi) is 2.64. The highest BCUT2D eigenvalue weighted by Crippen LogP contribution is 2.49. The Morgan fingerprint density at radius 3 is 2.12 bits per heavy atom. The summed E-state index contributed by atoms with van der Waals surface area (Å²) in [6, 6.07) is 4.70. The van der Waals surface area contributed by atoms with Crippen molar-refractivity contribution in [2.24, 2.45) is 0 Å². The number of carbonyl (C=O) groups is 1. The van der Waals surface area contributed by atoms with E-state index in [0.29, 0.717) is 18.4 Å². The zero-order chi connectivity index (χ0) is 12.7. The van der Waals surface area contributed by atoms with Crippen LogP contribution in [0.4, 0.5) is 13.2 Å². The number of esters is 1. The number of benzene rings is 1. The lowest BCUT2D eigenvalue weighted by molar-refractivity contribution is -0.143. The van der Waals surface area contributed by atoms with Crippen molar-refractivity contribution in [1.29, 1.82) is 0 Å². The van der Waals surface area contributed by atoms with Crippen LogP contribution in [0, 0.1) is 0 Å². The van der Waals surface area contributed by atoms with Crippen molar-refractivity contribution < 1.29 is 22.7 Å². The first kappa shape index (κ1) is 12.0. The fourth-order valence-corrected chi connectivity index (χ4v) is 1.91. The quantitative estimate of drug-likeness (QED) is 0.748. The molecule has 1 aromatic carbocycles. The van der Waals surface area contributed by atoms with Crippen molar-refractivity contribution in [3.63, 3.8) is 0 Å². The van der Waals surface area contributed by atoms with Gasteiger partial charge >= 0.3 is 12.1 Å². The van der Waals surface area contributed by atoms with Gasteiger partial charge in [0.1, 0.15) is 0 Å². The molecular weight excluding hydrogens is 233 g/mol. The fourth-order valence-electron chi connectivity index (χ4n) is 1.91. The Labute approximate surface area is 96.4 Å². The molecule has 1 saturated carbocycles. The number of hydrogen-bond donors (Lipinski definition) is 0. The SMILES string of the molecule is COC(=O)C1(c2ccc(C(F)(F)F)cc2)CC1. The van der Waals surface area contributed by atoms with Crippen LogP contribution in [0.5, 0.6) is 0 Å². The maximum Gasteiger partial charge on any atom is 0.416 e. The van der Waals surface area contributed by atoms with Crippen molar-refractivity contribution in [1.82, 2.24) is 0 Å². The predicted octanol–water partition coefficient (Wildman–Crippen LogP) is 2.91. The largest absolute Gasteiger partial charge is 0.468 e. The Morgan fingerprint density at radius 2 is 1.76 bits per heavy atom. The van der Waals surface area contributed by atoms with Gasteiger partial charge in [0.15, 0.2) is 0 Å². The molecule has 5 heteroatoms. The summed E-state index contributed by atoms with van der Waals surface area (Å²) in [6.45, 7) is 0. The minimum Gasteiger partial charge on any atom is -0.468 e. The van der Waals surface area contributed by atoms with Gasteiger partial charge in [0.25, 0.3) is 0 Å². The van der Waals surface area contributed by atoms with E-state index in [1.807, 2.05) is 0 Å². The zero-order valence-corrected chi connectivity index (χ0v) is 9.17. The molecule has 0 N–H and O–H groups in total. The number of methoxy groups -OCH3 is 1. The van der Waals surface area contributed by atoms with Crippen LogP contribution in [0.1, 0.15) is 24.0 Å². The Morgan fingerprint density at radius 1 is 1.24 bits per heavy atom. The molecule has 1 aromatic rings. The molecule has 17 heavy (non-hydrogen) atoms. The van der Waals surface area contributed by atoms with Crippen LogP contribution in [0.15, 0.2) is 24.3 Å². The minimum absolute atomic E-state index is 0.378. The van der Waals surface area contributed by atoms with Gasteiger partial charge in [-0.2, -0.15) is 13.2 Å². The van der Waals surface area contributed by atoms with Crippen LogP contribution >= 0.6 is 0 Å². The molecule has 1 fully saturated rings. The summed E-state index contributed by atoms with van der Waals surface area (Å²) >= 11 is 0. The van der Waals surface area contributed by atoms with Crippen LogP contribution in [0.2, 0.25) is 0 Å². The van der Waals surface area contributed by atoms with Gasteiger partial charge in [0, 0.05) is 0 Å². The number of halogens is 3. The fraction of sp³-hybridized carbons (Fsp3) is 0.417. The first-order valence-corrected chi connectivity index (χ1v) is 5.16. The van der Waals surface area contributed by atoms with Crippen LogP contribution in [0.3, 0.4) is 0 Å². The number of ether oxygens (including phenoxy) is 1. The smallest absolute Gasteiger partial charge is 0.416 e. The van der Waals surface area contributed by atoms with Crippen LogP contribution in [-0.4, -0.2) is 13.1 Å². The van der Waals surface area contributed by atoms with Crippen molar-refractivity contribution in [3.05, 3.63) is 35.4 Å². The Bertz CT molecular complexity index is 430. The van der Waals surface area contributed by atoms with Crippen molar-refractivity contribution in [2.75, 3.05) is 7.11 Å². The number of carbonyl (C=O) groups excluding carboxylic acids is 1. The Balaban J connectivity index is 2.28. The third-order valence-corrected chi connectivity index (χ3v) is 3.09. The van der Waals surface area contributed by atoms with Crippen LogP contribution < -0.4 is 0 Å². The third kappa shape index (κ3) is 2.01. The van der Waals surface area contributed by atoms with Gasteiger partial charge in [-0.25, -0.2) is 0 Å². The summed E-state index contributed by atoms with van der Waals surface area (Å²) in [5.74, 6) is -0.378. The predicted molar refractivity (Wildman–Crippen MR) is 54.4 cm³/mol. The molecule has 0 aromatic heterocycles. The second-order valence-electron chi connectivity index (χ2n) is 4.15. The van der Waals surface area contributed by atoms with E-state index in [4.69, 9.17) is 0 Å². The maximum absolute atomic E-state index is 12.4. The van der Waals surface area contributed by atoms with E-state index >= 15 is 0 Å². The second-order valence-corrected chi connectivity index (χ2v) is 4.15. The molecule has 0 radical (unpaired) electrons. The van der Waals surface area contributed by atoms with Gasteiger partial charge in [0.05, 0.1) is 18.1 Å². The van der Waals surface area contributed by atoms with Gasteiger partial charge in [-0.1, -0.05) is 12.1 Å². The van der Waals surface area contributed by atoms with Crippen molar-refractivity contribution in [3.8, 4) is 0 Å². The standard InChI is InChI=1S/C12H11F3O2/c1-17-10(16)11(6-7-11)8-2-4-9(5-3-8)12(13,14)15/h2-5H,6-7H2,1H3. The van der Waals surface area contributed by atoms with Crippen LogP contribution in [0.25, 0.3) is 0 Å². The van der Waals surface area contributed by atoms with E-state index < -0.39 is 17.2 Å². The molecule has 0 amide bonds. The summed E-state index contributed by atoms with van der Waals surface area (Å²) in [5.41, 5.74) is -0.821. The molecule has 0 unspecified atom stereocenters. The second kappa shape index (κ2) is 3.75. The van der Waals surface area contributed by atoms with E-state index in [-0.39, 0.29) is 5.97 Å². The summed E-state index contributed by atoms with van der Waals surface area (Å²) in [5, 5.41) is 0. The molecule has 0 heterocycles. The normalized spacial score (nSPS) is 17.6. The average molecular weight is 244 g/mol. The average Bonchev–Trinajstić information content (AvgIpc) is 3.08. The van der Waals surface area contributed by atoms with E-state index in [1.165, 1.54) is 19.2 Å². The van der Waals surface area contributed by atoms with E-state index in [2.05, 4.69) is 4.74 Å². The number of alkyl halides is 3. The number of hydrogen-bond acceptors (Lipinski definition) is 2. The lowest BCUT2D eigenvalue weighted by Gasteiger charge is -2.14. The van der Waals surface area contributed by atoms with Gasteiger partial charge in [-0.05, 0) is 30.5 Å². The first-order chi connectivity index (χ1) is 7.90. The van der Waals surface area contributed by atoms with E-state index in [1.54, 1.807) is 0 Å². The summed E-state index contributed by atoms with van der Waals surface area (Å²) in [7, 11) is 1.28. The molecule has 0 aliphatic heterocycles. The lowest BCUT2D eigenvalue weighted by Crippen LogP contribution is -2.22. The first-order valence-electron chi connectivity index (χ1n) is 5.16. The van der Waals surface area contributed by atoms with Crippen molar-refractivity contribution >= 4 is 5.97 Å². The topological polar surface area (TPSA) is 26.3 Å². The molecular formula is C12H11F3O2. The van der Waals surface area contributed by atoms with Crippen LogP contribution in [-0.2, 0) is 21.1 Å². The summed E-state index contributed by atoms with van der Waals surface area (Å²) in [6.07, 6.45) is -3.09. The summed E-state index contributed by atoms with van der Waals surface area (Å²) in [4.78, 5) is 11.5. The maximum atomic E-state index is 12.4.